The minimum absolute atomic E-state index is 0.000507. The van der Waals surface area contributed by atoms with Crippen molar-refractivity contribution < 1.29 is 14.7 Å². The van der Waals surface area contributed by atoms with Crippen molar-refractivity contribution in [1.29, 1.82) is 0 Å². The van der Waals surface area contributed by atoms with E-state index in [9.17, 15) is 9.59 Å². The zero-order valence-corrected chi connectivity index (χ0v) is 13.0. The van der Waals surface area contributed by atoms with Gasteiger partial charge in [0.05, 0.1) is 15.6 Å². The monoisotopic (exact) mass is 345 g/mol. The zero-order valence-electron chi connectivity index (χ0n) is 10.6. The minimum atomic E-state index is -0.757. The Morgan fingerprint density at radius 2 is 2.21 bits per heavy atom. The second-order valence-corrected chi connectivity index (χ2v) is 7.41. The first-order chi connectivity index (χ1) is 8.97. The summed E-state index contributed by atoms with van der Waals surface area (Å²) in [6, 6.07) is 3.87. The summed E-state index contributed by atoms with van der Waals surface area (Å²) in [5, 5.41) is 11.9. The molecule has 3 atom stereocenters. The Balaban J connectivity index is 1.89. The normalized spacial score (nSPS) is 24.1. The van der Waals surface area contributed by atoms with Crippen LogP contribution >= 0.6 is 27.3 Å². The average molecular weight is 346 g/mol. The molecule has 6 heteroatoms. The summed E-state index contributed by atoms with van der Waals surface area (Å²) < 4.78 is 1.01. The molecule has 19 heavy (non-hydrogen) atoms. The van der Waals surface area contributed by atoms with Crippen LogP contribution in [0, 0.1) is 5.92 Å². The second-order valence-electron chi connectivity index (χ2n) is 4.92. The van der Waals surface area contributed by atoms with E-state index in [1.807, 2.05) is 19.1 Å². The molecule has 1 aromatic heterocycles. The Bertz CT molecular complexity index is 488. The fourth-order valence-corrected chi connectivity index (χ4v) is 3.83. The van der Waals surface area contributed by atoms with Crippen molar-refractivity contribution in [3.05, 3.63) is 20.8 Å². The van der Waals surface area contributed by atoms with Gasteiger partial charge in [0.2, 0.25) is 5.91 Å². The molecule has 1 aliphatic carbocycles. The van der Waals surface area contributed by atoms with E-state index < -0.39 is 5.97 Å². The highest BCUT2D eigenvalue weighted by molar-refractivity contribution is 9.11. The van der Waals surface area contributed by atoms with Crippen molar-refractivity contribution in [3.8, 4) is 0 Å². The van der Waals surface area contributed by atoms with Gasteiger partial charge in [0.1, 0.15) is 0 Å². The van der Waals surface area contributed by atoms with Gasteiger partial charge in [-0.2, -0.15) is 0 Å². The summed E-state index contributed by atoms with van der Waals surface area (Å²) >= 11 is 4.93. The smallest absolute Gasteiger partial charge is 0.306 e. The van der Waals surface area contributed by atoms with E-state index in [0.717, 1.165) is 15.1 Å². The van der Waals surface area contributed by atoms with Gasteiger partial charge < -0.3 is 10.4 Å². The maximum absolute atomic E-state index is 12.1. The van der Waals surface area contributed by atoms with Crippen LogP contribution < -0.4 is 5.32 Å². The molecule has 2 rings (SSSR count). The quantitative estimate of drug-likeness (QED) is 0.881. The molecule has 104 valence electrons. The number of carboxylic acids is 1. The highest BCUT2D eigenvalue weighted by atomic mass is 79.9. The van der Waals surface area contributed by atoms with Crippen LogP contribution in [-0.2, 0) is 9.59 Å². The number of hydrogen-bond acceptors (Lipinski definition) is 3. The maximum Gasteiger partial charge on any atom is 0.306 e. The first-order valence-electron chi connectivity index (χ1n) is 6.25. The van der Waals surface area contributed by atoms with Gasteiger partial charge in [-0.05, 0) is 54.2 Å². The van der Waals surface area contributed by atoms with E-state index in [-0.39, 0.29) is 23.8 Å². The molecule has 1 aromatic rings. The van der Waals surface area contributed by atoms with Gasteiger partial charge in [-0.3, -0.25) is 9.59 Å². The van der Waals surface area contributed by atoms with Gasteiger partial charge in [0.25, 0.3) is 0 Å². The molecular weight excluding hydrogens is 330 g/mol. The van der Waals surface area contributed by atoms with Crippen LogP contribution in [0.25, 0.3) is 0 Å². The van der Waals surface area contributed by atoms with E-state index in [2.05, 4.69) is 21.2 Å². The summed E-state index contributed by atoms with van der Waals surface area (Å²) in [5.41, 5.74) is 0. The number of rotatable bonds is 4. The average Bonchev–Trinajstić information content (AvgIpc) is 2.97. The topological polar surface area (TPSA) is 66.4 Å². The number of carboxylic acid groups (broad SMARTS) is 1. The Labute approximate surface area is 124 Å². The molecule has 0 aromatic carbocycles. The van der Waals surface area contributed by atoms with E-state index in [0.29, 0.717) is 12.8 Å². The molecule has 1 heterocycles. The third kappa shape index (κ3) is 3.57. The number of aliphatic carboxylic acids is 1. The molecule has 0 bridgehead atoms. The predicted octanol–water partition coefficient (Wildman–Crippen LogP) is 2.98. The Morgan fingerprint density at radius 3 is 2.74 bits per heavy atom. The molecule has 4 nitrogen and oxygen atoms in total. The van der Waals surface area contributed by atoms with Crippen molar-refractivity contribution in [3.63, 3.8) is 0 Å². The first kappa shape index (κ1) is 14.5. The summed E-state index contributed by atoms with van der Waals surface area (Å²) in [5.74, 6) is -1.28. The van der Waals surface area contributed by atoms with Crippen molar-refractivity contribution in [2.45, 2.75) is 38.1 Å². The number of halogens is 1. The summed E-state index contributed by atoms with van der Waals surface area (Å²) in [4.78, 5) is 24.0. The van der Waals surface area contributed by atoms with Crippen LogP contribution in [0.2, 0.25) is 0 Å². The van der Waals surface area contributed by atoms with E-state index in [1.165, 1.54) is 0 Å². The molecule has 0 aliphatic heterocycles. The van der Waals surface area contributed by atoms with Crippen LogP contribution in [0.3, 0.4) is 0 Å². The summed E-state index contributed by atoms with van der Waals surface area (Å²) in [6.07, 6.45) is 1.95. The lowest BCUT2D eigenvalue weighted by atomic mass is 10.1. The highest BCUT2D eigenvalue weighted by Crippen LogP contribution is 2.30. The van der Waals surface area contributed by atoms with E-state index >= 15 is 0 Å². The molecule has 0 radical (unpaired) electrons. The Kier molecular flexibility index (Phi) is 4.62. The Hall–Kier alpha value is -0.880. The van der Waals surface area contributed by atoms with Gasteiger partial charge in [0, 0.05) is 10.9 Å². The molecule has 0 saturated heterocycles. The van der Waals surface area contributed by atoms with Crippen LogP contribution in [0.4, 0.5) is 0 Å². The summed E-state index contributed by atoms with van der Waals surface area (Å²) in [6.45, 7) is 1.87. The molecule has 1 fully saturated rings. The number of thiophene rings is 1. The number of amides is 1. The highest BCUT2D eigenvalue weighted by Gasteiger charge is 2.31. The molecule has 1 saturated carbocycles. The number of hydrogen-bond donors (Lipinski definition) is 2. The molecular formula is C13H16BrNO3S. The van der Waals surface area contributed by atoms with Crippen LogP contribution in [0.1, 0.15) is 37.0 Å². The number of carbonyl (C=O) groups is 2. The lowest BCUT2D eigenvalue weighted by Crippen LogP contribution is -2.36. The third-order valence-corrected chi connectivity index (χ3v) is 5.35. The predicted molar refractivity (Wildman–Crippen MR) is 77.3 cm³/mol. The fraction of sp³-hybridized carbons (Fsp3) is 0.538. The SMILES string of the molecule is CC(C(=O)N[C@H]1CC[C@@H](C(=O)O)C1)c1ccc(Br)s1. The van der Waals surface area contributed by atoms with Crippen LogP contribution in [0.5, 0.6) is 0 Å². The van der Waals surface area contributed by atoms with Crippen molar-refractivity contribution in [2.75, 3.05) is 0 Å². The standard InChI is InChI=1S/C13H16BrNO3S/c1-7(10-4-5-11(14)19-10)12(16)15-9-3-2-8(6-9)13(17)18/h4-5,7-9H,2-3,6H2,1H3,(H,15,16)(H,17,18)/t7?,8-,9+/m1/s1. The first-order valence-corrected chi connectivity index (χ1v) is 7.86. The fourth-order valence-electron chi connectivity index (χ4n) is 2.35. The lowest BCUT2D eigenvalue weighted by molar-refractivity contribution is -0.141. The van der Waals surface area contributed by atoms with Crippen molar-refractivity contribution in [2.24, 2.45) is 5.92 Å². The summed E-state index contributed by atoms with van der Waals surface area (Å²) in [7, 11) is 0. The molecule has 1 aliphatic rings. The van der Waals surface area contributed by atoms with Crippen LogP contribution in [-0.4, -0.2) is 23.0 Å². The second kappa shape index (κ2) is 6.05. The molecule has 1 unspecified atom stereocenters. The van der Waals surface area contributed by atoms with Gasteiger partial charge >= 0.3 is 5.97 Å². The van der Waals surface area contributed by atoms with Gasteiger partial charge in [0.15, 0.2) is 0 Å². The Morgan fingerprint density at radius 1 is 1.47 bits per heavy atom. The van der Waals surface area contributed by atoms with Gasteiger partial charge in [-0.1, -0.05) is 0 Å². The lowest BCUT2D eigenvalue weighted by Gasteiger charge is -2.16. The number of nitrogens with one attached hydrogen (secondary N) is 1. The minimum Gasteiger partial charge on any atom is -0.481 e. The molecule has 2 N–H and O–H groups in total. The van der Waals surface area contributed by atoms with Crippen molar-refractivity contribution in [1.82, 2.24) is 5.32 Å². The third-order valence-electron chi connectivity index (χ3n) is 3.54. The van der Waals surface area contributed by atoms with E-state index in [4.69, 9.17) is 5.11 Å². The van der Waals surface area contributed by atoms with Crippen molar-refractivity contribution >= 4 is 39.1 Å². The number of carbonyl (C=O) groups excluding carboxylic acids is 1. The molecule has 0 spiro atoms. The zero-order chi connectivity index (χ0) is 14.0. The maximum atomic E-state index is 12.1. The largest absolute Gasteiger partial charge is 0.481 e. The van der Waals surface area contributed by atoms with E-state index in [1.54, 1.807) is 11.3 Å². The molecule has 1 amide bonds. The van der Waals surface area contributed by atoms with Gasteiger partial charge in [-0.25, -0.2) is 0 Å². The van der Waals surface area contributed by atoms with Crippen LogP contribution in [0.15, 0.2) is 15.9 Å². The van der Waals surface area contributed by atoms with Gasteiger partial charge in [-0.15, -0.1) is 11.3 Å².